The second-order valence-corrected chi connectivity index (χ2v) is 7.21. The molecule has 0 aliphatic heterocycles. The lowest BCUT2D eigenvalue weighted by Crippen LogP contribution is -2.29. The molecule has 6 heteroatoms. The third-order valence-corrected chi connectivity index (χ3v) is 5.21. The number of nitrogen functional groups attached to an aromatic ring is 1. The van der Waals surface area contributed by atoms with Crippen molar-refractivity contribution in [3.8, 4) is 0 Å². The highest BCUT2D eigenvalue weighted by molar-refractivity contribution is 7.99. The molecule has 2 rings (SSSR count). The van der Waals surface area contributed by atoms with E-state index in [9.17, 15) is 0 Å². The van der Waals surface area contributed by atoms with E-state index in [4.69, 9.17) is 10.8 Å². The van der Waals surface area contributed by atoms with Crippen LogP contribution in [0.5, 0.6) is 0 Å². The van der Waals surface area contributed by atoms with Crippen molar-refractivity contribution in [3.63, 3.8) is 0 Å². The molecule has 4 N–H and O–H groups in total. The normalized spacial score (nSPS) is 22.4. The van der Waals surface area contributed by atoms with E-state index in [0.29, 0.717) is 11.9 Å². The first-order valence-corrected chi connectivity index (χ1v) is 8.98. The zero-order valence-electron chi connectivity index (χ0n) is 13.4. The van der Waals surface area contributed by atoms with Crippen molar-refractivity contribution in [1.82, 2.24) is 9.97 Å². The Hall–Kier alpha value is -1.01. The zero-order chi connectivity index (χ0) is 15.4. The summed E-state index contributed by atoms with van der Waals surface area (Å²) in [6.45, 7) is 6.20. The molecule has 0 radical (unpaired) electrons. The summed E-state index contributed by atoms with van der Waals surface area (Å²) in [7, 11) is 0. The molecule has 2 unspecified atom stereocenters. The summed E-state index contributed by atoms with van der Waals surface area (Å²) < 4.78 is 0. The average Bonchev–Trinajstić information content (AvgIpc) is 2.49. The maximum Gasteiger partial charge on any atom is 0.148 e. The van der Waals surface area contributed by atoms with Crippen molar-refractivity contribution in [1.29, 1.82) is 0 Å². The van der Waals surface area contributed by atoms with Gasteiger partial charge in [0.25, 0.3) is 0 Å². The van der Waals surface area contributed by atoms with Crippen molar-refractivity contribution >= 4 is 23.4 Å². The van der Waals surface area contributed by atoms with Crippen LogP contribution in [0, 0.1) is 6.92 Å². The summed E-state index contributed by atoms with van der Waals surface area (Å²) >= 11 is 1.97. The Morgan fingerprint density at radius 3 is 2.57 bits per heavy atom. The number of nitrogens with two attached hydrogens (primary N) is 1. The van der Waals surface area contributed by atoms with E-state index in [1.54, 1.807) is 0 Å². The first kappa shape index (κ1) is 16.4. The van der Waals surface area contributed by atoms with Gasteiger partial charge in [0.2, 0.25) is 0 Å². The third kappa shape index (κ3) is 4.01. The van der Waals surface area contributed by atoms with Gasteiger partial charge in [-0.3, -0.25) is 0 Å². The van der Waals surface area contributed by atoms with Crippen LogP contribution in [-0.2, 0) is 0 Å². The van der Waals surface area contributed by atoms with Crippen LogP contribution in [0.2, 0.25) is 0 Å². The molecule has 1 fully saturated rings. The lowest BCUT2D eigenvalue weighted by atomic mass is 9.95. The van der Waals surface area contributed by atoms with Gasteiger partial charge in [0.05, 0.1) is 0 Å². The number of hydrogen-bond donors (Lipinski definition) is 3. The van der Waals surface area contributed by atoms with E-state index in [-0.39, 0.29) is 5.92 Å². The molecule has 0 amide bonds. The number of nitrogens with one attached hydrogen (secondary N) is 2. The molecule has 1 aromatic heterocycles. The van der Waals surface area contributed by atoms with Crippen molar-refractivity contribution in [2.24, 2.45) is 5.84 Å². The van der Waals surface area contributed by atoms with Crippen LogP contribution in [0.1, 0.15) is 56.8 Å². The SMILES string of the molecule is CSC1CCCC(Nc2nc(C(C)C)nc(NN)c2C)C1. The highest BCUT2D eigenvalue weighted by atomic mass is 32.2. The summed E-state index contributed by atoms with van der Waals surface area (Å²) in [5, 5.41) is 4.38. The molecular weight excluding hydrogens is 282 g/mol. The number of aromatic nitrogens is 2. The molecule has 0 saturated heterocycles. The van der Waals surface area contributed by atoms with E-state index in [1.807, 2.05) is 18.7 Å². The molecule has 0 aromatic carbocycles. The Labute approximate surface area is 131 Å². The number of anilines is 2. The van der Waals surface area contributed by atoms with Crippen LogP contribution in [0.15, 0.2) is 0 Å². The summed E-state index contributed by atoms with van der Waals surface area (Å²) in [6, 6.07) is 0.496. The minimum atomic E-state index is 0.281. The number of nitrogens with zero attached hydrogens (tertiary/aromatic N) is 2. The lowest BCUT2D eigenvalue weighted by molar-refractivity contribution is 0.472. The van der Waals surface area contributed by atoms with E-state index in [1.165, 1.54) is 25.7 Å². The molecule has 0 bridgehead atoms. The molecule has 2 atom stereocenters. The Balaban J connectivity index is 2.20. The van der Waals surface area contributed by atoms with Gasteiger partial charge in [-0.15, -0.1) is 0 Å². The fourth-order valence-corrected chi connectivity index (χ4v) is 3.58. The van der Waals surface area contributed by atoms with Crippen molar-refractivity contribution < 1.29 is 0 Å². The van der Waals surface area contributed by atoms with Gasteiger partial charge in [0.1, 0.15) is 17.5 Å². The van der Waals surface area contributed by atoms with Crippen LogP contribution >= 0.6 is 11.8 Å². The lowest BCUT2D eigenvalue weighted by Gasteiger charge is -2.29. The minimum absolute atomic E-state index is 0.281. The second kappa shape index (κ2) is 7.31. The van der Waals surface area contributed by atoms with E-state index in [0.717, 1.165) is 22.5 Å². The van der Waals surface area contributed by atoms with E-state index < -0.39 is 0 Å². The Morgan fingerprint density at radius 2 is 1.95 bits per heavy atom. The topological polar surface area (TPSA) is 75.9 Å². The highest BCUT2D eigenvalue weighted by Crippen LogP contribution is 2.30. The molecule has 1 heterocycles. The summed E-state index contributed by atoms with van der Waals surface area (Å²) in [4.78, 5) is 9.18. The Kier molecular flexibility index (Phi) is 5.70. The Morgan fingerprint density at radius 1 is 1.24 bits per heavy atom. The van der Waals surface area contributed by atoms with Gasteiger partial charge < -0.3 is 10.7 Å². The first-order valence-electron chi connectivity index (χ1n) is 7.69. The second-order valence-electron chi connectivity index (χ2n) is 6.07. The van der Waals surface area contributed by atoms with Gasteiger partial charge in [-0.05, 0) is 32.4 Å². The van der Waals surface area contributed by atoms with Crippen LogP contribution < -0.4 is 16.6 Å². The van der Waals surface area contributed by atoms with Gasteiger partial charge in [-0.25, -0.2) is 15.8 Å². The molecule has 1 aliphatic carbocycles. The minimum Gasteiger partial charge on any atom is -0.367 e. The number of hydrazine groups is 1. The predicted molar refractivity (Wildman–Crippen MR) is 91.8 cm³/mol. The average molecular weight is 309 g/mol. The van der Waals surface area contributed by atoms with E-state index >= 15 is 0 Å². The number of rotatable bonds is 5. The van der Waals surface area contributed by atoms with Crippen molar-refractivity contribution in [2.45, 2.75) is 63.7 Å². The van der Waals surface area contributed by atoms with Gasteiger partial charge >= 0.3 is 0 Å². The summed E-state index contributed by atoms with van der Waals surface area (Å²) in [6.07, 6.45) is 7.23. The van der Waals surface area contributed by atoms with Crippen molar-refractivity contribution in [2.75, 3.05) is 17.0 Å². The van der Waals surface area contributed by atoms with Gasteiger partial charge in [0.15, 0.2) is 0 Å². The maximum absolute atomic E-state index is 5.59. The molecule has 1 aromatic rings. The molecular formula is C15H27N5S. The highest BCUT2D eigenvalue weighted by Gasteiger charge is 2.23. The molecule has 118 valence electrons. The van der Waals surface area contributed by atoms with Crippen LogP contribution in [0.3, 0.4) is 0 Å². The predicted octanol–water partition coefficient (Wildman–Crippen LogP) is 3.28. The fraction of sp³-hybridized carbons (Fsp3) is 0.733. The smallest absolute Gasteiger partial charge is 0.148 e. The van der Waals surface area contributed by atoms with Crippen molar-refractivity contribution in [3.05, 3.63) is 11.4 Å². The molecule has 1 saturated carbocycles. The molecule has 1 aliphatic rings. The van der Waals surface area contributed by atoms with Crippen LogP contribution in [-0.4, -0.2) is 27.5 Å². The van der Waals surface area contributed by atoms with Gasteiger partial charge in [-0.1, -0.05) is 20.3 Å². The summed E-state index contributed by atoms with van der Waals surface area (Å²) in [5.41, 5.74) is 3.69. The number of hydrogen-bond acceptors (Lipinski definition) is 6. The number of thioether (sulfide) groups is 1. The largest absolute Gasteiger partial charge is 0.367 e. The van der Waals surface area contributed by atoms with Crippen LogP contribution in [0.4, 0.5) is 11.6 Å². The standard InChI is InChI=1S/C15H27N5S/c1-9(2)13-18-14(10(3)15(19-13)20-16)17-11-6-5-7-12(8-11)21-4/h9,11-12H,5-8,16H2,1-4H3,(H2,17,18,19,20). The van der Waals surface area contributed by atoms with E-state index in [2.05, 4.69) is 35.8 Å². The fourth-order valence-electron chi connectivity index (χ4n) is 2.76. The first-order chi connectivity index (χ1) is 10.0. The van der Waals surface area contributed by atoms with Crippen LogP contribution in [0.25, 0.3) is 0 Å². The molecule has 0 spiro atoms. The van der Waals surface area contributed by atoms with Gasteiger partial charge in [-0.2, -0.15) is 11.8 Å². The zero-order valence-corrected chi connectivity index (χ0v) is 14.3. The molecule has 21 heavy (non-hydrogen) atoms. The summed E-state index contributed by atoms with van der Waals surface area (Å²) in [5.74, 6) is 8.34. The third-order valence-electron chi connectivity index (χ3n) is 4.12. The maximum atomic E-state index is 5.59. The molecule has 5 nitrogen and oxygen atoms in total. The monoisotopic (exact) mass is 309 g/mol. The Bertz CT molecular complexity index is 477. The quantitative estimate of drug-likeness (QED) is 0.572. The van der Waals surface area contributed by atoms with Gasteiger partial charge in [0, 0.05) is 22.8 Å².